The summed E-state index contributed by atoms with van der Waals surface area (Å²) in [6.07, 6.45) is 4.86. The normalized spacial score (nSPS) is 17.4. The lowest BCUT2D eigenvalue weighted by molar-refractivity contribution is -0.139. The van der Waals surface area contributed by atoms with Gasteiger partial charge in [0.25, 0.3) is 0 Å². The van der Waals surface area contributed by atoms with Crippen LogP contribution in [0.4, 0.5) is 4.79 Å². The molecule has 0 saturated carbocycles. The van der Waals surface area contributed by atoms with E-state index in [-0.39, 0.29) is 6.04 Å². The molecule has 20 heavy (non-hydrogen) atoms. The molecule has 1 unspecified atom stereocenters. The van der Waals surface area contributed by atoms with E-state index in [1.54, 1.807) is 13.2 Å². The minimum absolute atomic E-state index is 0.125. The molecule has 7 nitrogen and oxygen atoms in total. The molecule has 0 radical (unpaired) electrons. The van der Waals surface area contributed by atoms with Gasteiger partial charge >= 0.3 is 12.0 Å². The van der Waals surface area contributed by atoms with Crippen LogP contribution >= 0.6 is 11.8 Å². The smallest absolute Gasteiger partial charge is 0.331 e. The molecule has 0 aromatic carbocycles. The van der Waals surface area contributed by atoms with Gasteiger partial charge < -0.3 is 15.7 Å². The number of hydrogen-bond acceptors (Lipinski definition) is 4. The van der Waals surface area contributed by atoms with Crippen LogP contribution in [0.3, 0.4) is 0 Å². The van der Waals surface area contributed by atoms with E-state index in [1.807, 2.05) is 11.8 Å². The highest BCUT2D eigenvalue weighted by molar-refractivity contribution is 7.99. The Hall–Kier alpha value is -1.70. The first-order chi connectivity index (χ1) is 9.56. The van der Waals surface area contributed by atoms with Crippen molar-refractivity contribution < 1.29 is 14.7 Å². The molecule has 1 atom stereocenters. The van der Waals surface area contributed by atoms with E-state index in [0.29, 0.717) is 5.56 Å². The monoisotopic (exact) mass is 298 g/mol. The van der Waals surface area contributed by atoms with Crippen LogP contribution in [0.2, 0.25) is 0 Å². The van der Waals surface area contributed by atoms with E-state index in [2.05, 4.69) is 15.7 Å². The number of urea groups is 1. The molecule has 110 valence electrons. The molecule has 8 heteroatoms. The Morgan fingerprint density at radius 3 is 2.75 bits per heavy atom. The third-order valence-corrected chi connectivity index (χ3v) is 4.19. The predicted molar refractivity (Wildman–Crippen MR) is 75.6 cm³/mol. The summed E-state index contributed by atoms with van der Waals surface area (Å²) in [5, 5.41) is 18.4. The first kappa shape index (κ1) is 14.7. The second-order valence-corrected chi connectivity index (χ2v) is 5.95. The van der Waals surface area contributed by atoms with Crippen LogP contribution in [-0.2, 0) is 11.8 Å². The fourth-order valence-electron chi connectivity index (χ4n) is 2.08. The summed E-state index contributed by atoms with van der Waals surface area (Å²) in [7, 11) is 1.70. The van der Waals surface area contributed by atoms with Gasteiger partial charge in [0.15, 0.2) is 6.04 Å². The summed E-state index contributed by atoms with van der Waals surface area (Å²) < 4.78 is 1.50. The van der Waals surface area contributed by atoms with Crippen LogP contribution in [0.25, 0.3) is 0 Å². The standard InChI is InChI=1S/C12H18N4O3S/c1-16-7-8(6-13-16)10(11(17)18)15-12(19)14-9-2-4-20-5-3-9/h6-7,9-10H,2-5H2,1H3,(H,17,18)(H2,14,15,19). The zero-order valence-corrected chi connectivity index (χ0v) is 12.0. The van der Waals surface area contributed by atoms with Crippen molar-refractivity contribution in [3.05, 3.63) is 18.0 Å². The van der Waals surface area contributed by atoms with Gasteiger partial charge in [-0.25, -0.2) is 9.59 Å². The van der Waals surface area contributed by atoms with Gasteiger partial charge in [0.05, 0.1) is 6.20 Å². The van der Waals surface area contributed by atoms with E-state index in [4.69, 9.17) is 0 Å². The lowest BCUT2D eigenvalue weighted by Crippen LogP contribution is -2.46. The Bertz CT molecular complexity index is 485. The lowest BCUT2D eigenvalue weighted by Gasteiger charge is -2.23. The maximum absolute atomic E-state index is 11.9. The van der Waals surface area contributed by atoms with Gasteiger partial charge in [-0.1, -0.05) is 0 Å². The van der Waals surface area contributed by atoms with E-state index < -0.39 is 18.0 Å². The second kappa shape index (κ2) is 6.65. The SMILES string of the molecule is Cn1cc(C(NC(=O)NC2CCSCC2)C(=O)O)cn1. The Morgan fingerprint density at radius 1 is 1.50 bits per heavy atom. The Morgan fingerprint density at radius 2 is 2.20 bits per heavy atom. The third-order valence-electron chi connectivity index (χ3n) is 3.14. The highest BCUT2D eigenvalue weighted by atomic mass is 32.2. The molecule has 2 rings (SSSR count). The number of nitrogens with one attached hydrogen (secondary N) is 2. The van der Waals surface area contributed by atoms with Gasteiger partial charge in [0.2, 0.25) is 0 Å². The maximum atomic E-state index is 11.9. The van der Waals surface area contributed by atoms with Gasteiger partial charge in [-0.15, -0.1) is 0 Å². The zero-order chi connectivity index (χ0) is 14.5. The van der Waals surface area contributed by atoms with Crippen LogP contribution in [0, 0.1) is 0 Å². The van der Waals surface area contributed by atoms with Crippen molar-refractivity contribution in [1.29, 1.82) is 0 Å². The van der Waals surface area contributed by atoms with Crippen molar-refractivity contribution in [3.8, 4) is 0 Å². The van der Waals surface area contributed by atoms with Crippen molar-refractivity contribution in [1.82, 2.24) is 20.4 Å². The predicted octanol–water partition coefficient (Wildman–Crippen LogP) is 0.741. The number of aliphatic carboxylic acids is 1. The number of aromatic nitrogens is 2. The van der Waals surface area contributed by atoms with Crippen molar-refractivity contribution in [2.24, 2.45) is 7.05 Å². The largest absolute Gasteiger partial charge is 0.479 e. The molecule has 1 aromatic rings. The van der Waals surface area contributed by atoms with E-state index in [1.165, 1.54) is 10.9 Å². The molecule has 0 aliphatic carbocycles. The van der Waals surface area contributed by atoms with Gasteiger partial charge in [-0.3, -0.25) is 4.68 Å². The minimum atomic E-state index is -1.10. The number of amides is 2. The molecular weight excluding hydrogens is 280 g/mol. The topological polar surface area (TPSA) is 96.2 Å². The summed E-state index contributed by atoms with van der Waals surface area (Å²) >= 11 is 1.87. The quantitative estimate of drug-likeness (QED) is 0.762. The Labute approximate surface area is 121 Å². The van der Waals surface area contributed by atoms with E-state index in [0.717, 1.165) is 24.3 Å². The fraction of sp³-hybridized carbons (Fsp3) is 0.583. The molecule has 1 aliphatic heterocycles. The summed E-state index contributed by atoms with van der Waals surface area (Å²) in [5.41, 5.74) is 0.453. The molecule has 1 aromatic heterocycles. The average Bonchev–Trinajstić information content (AvgIpc) is 2.83. The summed E-state index contributed by atoms with van der Waals surface area (Å²) in [6.45, 7) is 0. The van der Waals surface area contributed by atoms with Crippen LogP contribution < -0.4 is 10.6 Å². The maximum Gasteiger partial charge on any atom is 0.331 e. The molecule has 1 fully saturated rings. The summed E-state index contributed by atoms with van der Waals surface area (Å²) in [6, 6.07) is -1.40. The van der Waals surface area contributed by atoms with Gasteiger partial charge in [-0.05, 0) is 24.3 Å². The van der Waals surface area contributed by atoms with Gasteiger partial charge in [-0.2, -0.15) is 16.9 Å². The number of carboxylic acids is 1. The Balaban J connectivity index is 1.94. The van der Waals surface area contributed by atoms with E-state index in [9.17, 15) is 14.7 Å². The average molecular weight is 298 g/mol. The first-order valence-corrected chi connectivity index (χ1v) is 7.58. The minimum Gasteiger partial charge on any atom is -0.479 e. The van der Waals surface area contributed by atoms with Crippen molar-refractivity contribution in [2.45, 2.75) is 24.9 Å². The van der Waals surface area contributed by atoms with Crippen molar-refractivity contribution >= 4 is 23.8 Å². The number of carbonyl (C=O) groups excluding carboxylic acids is 1. The van der Waals surface area contributed by atoms with E-state index >= 15 is 0 Å². The fourth-order valence-corrected chi connectivity index (χ4v) is 3.18. The van der Waals surface area contributed by atoms with Crippen LogP contribution in [-0.4, -0.2) is 44.4 Å². The van der Waals surface area contributed by atoms with Crippen molar-refractivity contribution in [2.75, 3.05) is 11.5 Å². The first-order valence-electron chi connectivity index (χ1n) is 6.42. The van der Waals surface area contributed by atoms with Crippen molar-refractivity contribution in [3.63, 3.8) is 0 Å². The molecule has 1 saturated heterocycles. The zero-order valence-electron chi connectivity index (χ0n) is 11.2. The number of hydrogen-bond donors (Lipinski definition) is 3. The Kier molecular flexibility index (Phi) is 4.89. The summed E-state index contributed by atoms with van der Waals surface area (Å²) in [4.78, 5) is 23.1. The van der Waals surface area contributed by atoms with Gasteiger partial charge in [0.1, 0.15) is 0 Å². The molecule has 3 N–H and O–H groups in total. The molecule has 0 bridgehead atoms. The number of carbonyl (C=O) groups is 2. The summed E-state index contributed by atoms with van der Waals surface area (Å²) in [5.74, 6) is 0.943. The second-order valence-electron chi connectivity index (χ2n) is 4.72. The molecule has 1 aliphatic rings. The van der Waals surface area contributed by atoms with Gasteiger partial charge in [0, 0.05) is 24.8 Å². The molecule has 2 amide bonds. The van der Waals surface area contributed by atoms with Crippen LogP contribution in [0.1, 0.15) is 24.4 Å². The highest BCUT2D eigenvalue weighted by Crippen LogP contribution is 2.17. The highest BCUT2D eigenvalue weighted by Gasteiger charge is 2.25. The third kappa shape index (κ3) is 3.89. The molecular formula is C12H18N4O3S. The number of rotatable bonds is 4. The number of nitrogens with zero attached hydrogens (tertiary/aromatic N) is 2. The number of thioether (sulfide) groups is 1. The van der Waals surface area contributed by atoms with Crippen LogP contribution in [0.15, 0.2) is 12.4 Å². The van der Waals surface area contributed by atoms with Crippen LogP contribution in [0.5, 0.6) is 0 Å². The molecule has 2 heterocycles. The number of aryl methyl sites for hydroxylation is 1. The lowest BCUT2D eigenvalue weighted by atomic mass is 10.1. The molecule has 0 spiro atoms. The number of carboxylic acid groups (broad SMARTS) is 1.